The first-order valence-corrected chi connectivity index (χ1v) is 7.86. The van der Waals surface area contributed by atoms with Crippen molar-refractivity contribution in [3.8, 4) is 0 Å². The molecule has 0 spiro atoms. The first-order chi connectivity index (χ1) is 8.88. The van der Waals surface area contributed by atoms with Gasteiger partial charge in [0.15, 0.2) is 0 Å². The molecule has 0 aromatic rings. The van der Waals surface area contributed by atoms with E-state index in [1.807, 2.05) is 0 Å². The van der Waals surface area contributed by atoms with E-state index in [1.165, 1.54) is 19.4 Å². The highest BCUT2D eigenvalue weighted by atomic mass is 16.5. The fourth-order valence-corrected chi connectivity index (χ4v) is 3.22. The van der Waals surface area contributed by atoms with Crippen LogP contribution < -0.4 is 5.32 Å². The van der Waals surface area contributed by atoms with Gasteiger partial charge in [-0.3, -0.25) is 4.90 Å². The Hall–Kier alpha value is -0.120. The fourth-order valence-electron chi connectivity index (χ4n) is 3.22. The van der Waals surface area contributed by atoms with Gasteiger partial charge in [0.05, 0.1) is 0 Å². The minimum Gasteiger partial charge on any atom is -0.385 e. The number of nitrogens with one attached hydrogen (secondary N) is 1. The maximum atomic E-state index is 5.22. The van der Waals surface area contributed by atoms with Gasteiger partial charge in [-0.25, -0.2) is 0 Å². The number of nitrogens with zero attached hydrogens (tertiary/aromatic N) is 1. The first-order valence-electron chi connectivity index (χ1n) is 7.86. The lowest BCUT2D eigenvalue weighted by Crippen LogP contribution is -2.66. The van der Waals surface area contributed by atoms with E-state index in [0.717, 1.165) is 26.1 Å². The van der Waals surface area contributed by atoms with Crippen molar-refractivity contribution in [2.24, 2.45) is 5.41 Å². The highest BCUT2D eigenvalue weighted by Crippen LogP contribution is 2.31. The van der Waals surface area contributed by atoms with Crippen LogP contribution in [0.5, 0.6) is 0 Å². The lowest BCUT2D eigenvalue weighted by atomic mass is 9.80. The van der Waals surface area contributed by atoms with Gasteiger partial charge in [-0.2, -0.15) is 0 Å². The molecule has 0 radical (unpaired) electrons. The normalized spacial score (nSPS) is 24.6. The Morgan fingerprint density at radius 2 is 1.89 bits per heavy atom. The van der Waals surface area contributed by atoms with Gasteiger partial charge in [-0.15, -0.1) is 0 Å². The minimum absolute atomic E-state index is 0.314. The largest absolute Gasteiger partial charge is 0.385 e. The molecule has 1 heterocycles. The summed E-state index contributed by atoms with van der Waals surface area (Å²) in [4.78, 5) is 2.70. The first kappa shape index (κ1) is 16.9. The van der Waals surface area contributed by atoms with Crippen LogP contribution in [-0.4, -0.2) is 49.8 Å². The van der Waals surface area contributed by atoms with Crippen LogP contribution in [0.2, 0.25) is 0 Å². The zero-order valence-corrected chi connectivity index (χ0v) is 13.9. The van der Waals surface area contributed by atoms with E-state index in [0.29, 0.717) is 17.0 Å². The van der Waals surface area contributed by atoms with Crippen LogP contribution in [-0.2, 0) is 4.74 Å². The predicted octanol–water partition coefficient (Wildman–Crippen LogP) is 2.90. The van der Waals surface area contributed by atoms with E-state index in [4.69, 9.17) is 4.74 Å². The van der Waals surface area contributed by atoms with Crippen molar-refractivity contribution < 1.29 is 4.74 Å². The molecule has 1 aliphatic rings. The molecule has 0 aromatic carbocycles. The van der Waals surface area contributed by atoms with Crippen molar-refractivity contribution in [2.75, 3.05) is 33.4 Å². The topological polar surface area (TPSA) is 24.5 Å². The number of methoxy groups -OCH3 is 1. The van der Waals surface area contributed by atoms with Crippen molar-refractivity contribution in [1.82, 2.24) is 10.2 Å². The second-order valence-corrected chi connectivity index (χ2v) is 7.07. The molecule has 1 aliphatic heterocycles. The third-order valence-corrected chi connectivity index (χ3v) is 4.76. The van der Waals surface area contributed by atoms with E-state index in [-0.39, 0.29) is 0 Å². The molecule has 114 valence electrons. The summed E-state index contributed by atoms with van der Waals surface area (Å²) in [7, 11) is 1.79. The average molecular weight is 270 g/mol. The lowest BCUT2D eigenvalue weighted by Gasteiger charge is -2.51. The lowest BCUT2D eigenvalue weighted by molar-refractivity contribution is 0.0138. The molecule has 0 saturated carbocycles. The van der Waals surface area contributed by atoms with E-state index < -0.39 is 0 Å². The summed E-state index contributed by atoms with van der Waals surface area (Å²) in [5, 5.41) is 3.84. The smallest absolute Gasteiger partial charge is 0.0474 e. The van der Waals surface area contributed by atoms with Crippen LogP contribution in [0.3, 0.4) is 0 Å². The second kappa shape index (κ2) is 7.05. The van der Waals surface area contributed by atoms with Crippen molar-refractivity contribution in [1.29, 1.82) is 0 Å². The Morgan fingerprint density at radius 3 is 2.37 bits per heavy atom. The molecule has 0 aliphatic carbocycles. The molecule has 1 atom stereocenters. The Morgan fingerprint density at radius 1 is 1.26 bits per heavy atom. The van der Waals surface area contributed by atoms with Crippen molar-refractivity contribution in [3.63, 3.8) is 0 Å². The summed E-state index contributed by atoms with van der Waals surface area (Å²) in [5.41, 5.74) is 0.641. The van der Waals surface area contributed by atoms with E-state index >= 15 is 0 Å². The molecule has 0 aromatic heterocycles. The zero-order valence-electron chi connectivity index (χ0n) is 13.9. The van der Waals surface area contributed by atoms with E-state index in [1.54, 1.807) is 7.11 Å². The maximum Gasteiger partial charge on any atom is 0.0474 e. The number of ether oxygens (including phenoxy) is 1. The summed E-state index contributed by atoms with van der Waals surface area (Å²) >= 11 is 0. The second-order valence-electron chi connectivity index (χ2n) is 7.07. The molecule has 1 unspecified atom stereocenters. The quantitative estimate of drug-likeness (QED) is 0.751. The molecule has 1 rings (SSSR count). The minimum atomic E-state index is 0.314. The number of rotatable bonds is 6. The van der Waals surface area contributed by atoms with Crippen molar-refractivity contribution in [2.45, 2.75) is 65.5 Å². The molecule has 0 bridgehead atoms. The Balaban J connectivity index is 2.74. The summed E-state index contributed by atoms with van der Waals surface area (Å²) in [6, 6.07) is 0.621. The van der Waals surface area contributed by atoms with Gasteiger partial charge in [0.2, 0.25) is 0 Å². The molecule has 0 amide bonds. The Labute approximate surface area is 120 Å². The van der Waals surface area contributed by atoms with E-state index in [2.05, 4.69) is 44.8 Å². The molecule has 1 N–H and O–H groups in total. The van der Waals surface area contributed by atoms with Gasteiger partial charge in [0.25, 0.3) is 0 Å². The molecular formula is C16H34N2O. The van der Waals surface area contributed by atoms with Gasteiger partial charge >= 0.3 is 0 Å². The average Bonchev–Trinajstić information content (AvgIpc) is 2.37. The summed E-state index contributed by atoms with van der Waals surface area (Å²) in [6.45, 7) is 16.0. The van der Waals surface area contributed by atoms with Crippen molar-refractivity contribution in [3.05, 3.63) is 0 Å². The van der Waals surface area contributed by atoms with Crippen LogP contribution >= 0.6 is 0 Å². The fraction of sp³-hybridized carbons (Fsp3) is 1.00. The summed E-state index contributed by atoms with van der Waals surface area (Å²) in [5.74, 6) is 0. The third-order valence-electron chi connectivity index (χ3n) is 4.76. The maximum absolute atomic E-state index is 5.22. The van der Waals surface area contributed by atoms with Crippen LogP contribution in [0.15, 0.2) is 0 Å². The number of piperazine rings is 1. The standard InChI is InChI=1S/C16H34N2O/c1-7-16(8-2)13-18(10-9-11-19-6)14(12-17-16)15(3,4)5/h14,17H,7-13H2,1-6H3. The van der Waals surface area contributed by atoms with Crippen LogP contribution in [0.4, 0.5) is 0 Å². The monoisotopic (exact) mass is 270 g/mol. The predicted molar refractivity (Wildman–Crippen MR) is 82.6 cm³/mol. The third kappa shape index (κ3) is 4.44. The Kier molecular flexibility index (Phi) is 6.28. The van der Waals surface area contributed by atoms with Gasteiger partial charge < -0.3 is 10.1 Å². The highest BCUT2D eigenvalue weighted by Gasteiger charge is 2.40. The number of hydrogen-bond donors (Lipinski definition) is 1. The molecule has 3 heteroatoms. The SMILES string of the molecule is CCC1(CC)CN(CCCOC)C(C(C)(C)C)CN1. The van der Waals surface area contributed by atoms with E-state index in [9.17, 15) is 0 Å². The summed E-state index contributed by atoms with van der Waals surface area (Å²) < 4.78 is 5.22. The molecule has 3 nitrogen and oxygen atoms in total. The highest BCUT2D eigenvalue weighted by molar-refractivity contribution is 4.99. The summed E-state index contributed by atoms with van der Waals surface area (Å²) in [6.07, 6.45) is 3.55. The van der Waals surface area contributed by atoms with Gasteiger partial charge in [-0.1, -0.05) is 34.6 Å². The van der Waals surface area contributed by atoms with Gasteiger partial charge in [0.1, 0.15) is 0 Å². The zero-order chi connectivity index (χ0) is 14.5. The van der Waals surface area contributed by atoms with Crippen LogP contribution in [0.25, 0.3) is 0 Å². The molecule has 19 heavy (non-hydrogen) atoms. The Bertz CT molecular complexity index is 256. The van der Waals surface area contributed by atoms with Crippen LogP contribution in [0, 0.1) is 5.41 Å². The van der Waals surface area contributed by atoms with Crippen LogP contribution in [0.1, 0.15) is 53.9 Å². The molecule has 1 fully saturated rings. The van der Waals surface area contributed by atoms with Crippen molar-refractivity contribution >= 4 is 0 Å². The van der Waals surface area contributed by atoms with Gasteiger partial charge in [-0.05, 0) is 24.7 Å². The number of hydrogen-bond acceptors (Lipinski definition) is 3. The van der Waals surface area contributed by atoms with Gasteiger partial charge in [0, 0.05) is 44.9 Å². The molecular weight excluding hydrogens is 236 g/mol. The molecule has 1 saturated heterocycles.